The number of nitrogens with one attached hydrogen (secondary N) is 2. The van der Waals surface area contributed by atoms with E-state index in [0.29, 0.717) is 18.2 Å². The van der Waals surface area contributed by atoms with Gasteiger partial charge in [-0.25, -0.2) is 9.97 Å². The normalized spacial score (nSPS) is 14.1. The molecule has 1 aliphatic rings. The maximum atomic E-state index is 5.29. The third-order valence-corrected chi connectivity index (χ3v) is 10.6. The Morgan fingerprint density at radius 3 is 2.15 bits per heavy atom. The molecule has 0 spiro atoms. The molecule has 0 bridgehead atoms. The van der Waals surface area contributed by atoms with Crippen molar-refractivity contribution in [3.05, 3.63) is 139 Å². The fraction of sp³-hybridized carbons (Fsp3) is 0.209. The van der Waals surface area contributed by atoms with Crippen LogP contribution in [0.25, 0.3) is 44.3 Å². The second-order valence-corrected chi connectivity index (χ2v) is 14.2. The number of hydrogen-bond acceptors (Lipinski definition) is 10. The molecule has 0 aliphatic carbocycles. The standard InChI is InChI=1S/C43H42N12/c1-29-37(25-48-51-29)34-13-15-38-41(22-34)44-26-42(49-38)54(28-31-8-5-4-6-9-31)55(30(2)32-10-7-11-36(20-32)53-18-16-52(3)17-19-53)43-27-45-40-21-33(12-14-39(40)50-43)35-23-46-47-24-35/h4-15,20-27,30H,16-19,28H2,1-3H3,(H,46,47)(H,48,51). The lowest BCUT2D eigenvalue weighted by Gasteiger charge is -2.41. The highest BCUT2D eigenvalue weighted by molar-refractivity contribution is 5.84. The predicted molar refractivity (Wildman–Crippen MR) is 219 cm³/mol. The van der Waals surface area contributed by atoms with Crippen molar-refractivity contribution < 1.29 is 0 Å². The lowest BCUT2D eigenvalue weighted by molar-refractivity contribution is 0.313. The third-order valence-electron chi connectivity index (χ3n) is 10.6. The molecule has 0 radical (unpaired) electrons. The summed E-state index contributed by atoms with van der Waals surface area (Å²) < 4.78 is 0. The summed E-state index contributed by atoms with van der Waals surface area (Å²) in [7, 11) is 2.19. The molecule has 1 saturated heterocycles. The van der Waals surface area contributed by atoms with Crippen molar-refractivity contribution in [2.24, 2.45) is 0 Å². The molecule has 4 aromatic carbocycles. The number of aryl methyl sites for hydroxylation is 1. The fourth-order valence-electron chi connectivity index (χ4n) is 7.38. The molecule has 12 nitrogen and oxygen atoms in total. The number of fused-ring (bicyclic) bond motifs is 2. The first-order valence-corrected chi connectivity index (χ1v) is 18.6. The van der Waals surface area contributed by atoms with E-state index in [1.807, 2.05) is 56.1 Å². The van der Waals surface area contributed by atoms with Gasteiger partial charge in [0.15, 0.2) is 11.6 Å². The van der Waals surface area contributed by atoms with Crippen molar-refractivity contribution in [3.8, 4) is 22.3 Å². The van der Waals surface area contributed by atoms with E-state index in [9.17, 15) is 0 Å². The van der Waals surface area contributed by atoms with Crippen LogP contribution >= 0.6 is 0 Å². The summed E-state index contributed by atoms with van der Waals surface area (Å²) >= 11 is 0. The number of likely N-dealkylation sites (N-methyl/N-ethyl adjacent to an activating group) is 1. The van der Waals surface area contributed by atoms with Crippen LogP contribution in [0, 0.1) is 6.92 Å². The summed E-state index contributed by atoms with van der Waals surface area (Å²) in [4.78, 5) is 25.4. The van der Waals surface area contributed by atoms with Crippen LogP contribution in [0.15, 0.2) is 122 Å². The molecule has 1 aliphatic heterocycles. The largest absolute Gasteiger partial charge is 0.369 e. The highest BCUT2D eigenvalue weighted by atomic mass is 15.7. The van der Waals surface area contributed by atoms with Gasteiger partial charge in [0.05, 0.1) is 59.4 Å². The Labute approximate surface area is 319 Å². The van der Waals surface area contributed by atoms with E-state index >= 15 is 0 Å². The zero-order valence-corrected chi connectivity index (χ0v) is 31.1. The van der Waals surface area contributed by atoms with E-state index in [-0.39, 0.29) is 6.04 Å². The molecular weight excluding hydrogens is 685 g/mol. The van der Waals surface area contributed by atoms with Crippen molar-refractivity contribution in [1.82, 2.24) is 45.2 Å². The van der Waals surface area contributed by atoms with Gasteiger partial charge in [0.25, 0.3) is 0 Å². The first-order chi connectivity index (χ1) is 27.0. The zero-order chi connectivity index (χ0) is 37.3. The zero-order valence-electron chi connectivity index (χ0n) is 31.1. The Hall–Kier alpha value is -6.66. The van der Waals surface area contributed by atoms with E-state index in [0.717, 1.165) is 87.3 Å². The van der Waals surface area contributed by atoms with Crippen LogP contribution in [0.3, 0.4) is 0 Å². The summed E-state index contributed by atoms with van der Waals surface area (Å²) in [5.41, 5.74) is 11.8. The van der Waals surface area contributed by atoms with Gasteiger partial charge in [0, 0.05) is 54.9 Å². The average molecular weight is 727 g/mol. The lowest BCUT2D eigenvalue weighted by Crippen LogP contribution is -2.46. The van der Waals surface area contributed by atoms with Crippen molar-refractivity contribution in [1.29, 1.82) is 0 Å². The van der Waals surface area contributed by atoms with Gasteiger partial charge in [-0.05, 0) is 79.5 Å². The number of hydrogen-bond donors (Lipinski definition) is 2. The Morgan fingerprint density at radius 2 is 1.42 bits per heavy atom. The average Bonchev–Trinajstić information content (AvgIpc) is 3.93. The van der Waals surface area contributed by atoms with Crippen LogP contribution in [-0.4, -0.2) is 78.5 Å². The van der Waals surface area contributed by atoms with Crippen LogP contribution in [-0.2, 0) is 6.54 Å². The maximum absolute atomic E-state index is 5.29. The van der Waals surface area contributed by atoms with Crippen molar-refractivity contribution in [2.75, 3.05) is 48.1 Å². The number of aromatic amines is 2. The second kappa shape index (κ2) is 14.6. The Balaban J connectivity index is 1.17. The summed E-state index contributed by atoms with van der Waals surface area (Å²) in [5.74, 6) is 1.40. The topological polar surface area (TPSA) is 122 Å². The van der Waals surface area contributed by atoms with Crippen LogP contribution in [0.1, 0.15) is 29.8 Å². The molecular formula is C43H42N12. The van der Waals surface area contributed by atoms with Gasteiger partial charge >= 0.3 is 0 Å². The van der Waals surface area contributed by atoms with Crippen molar-refractivity contribution in [3.63, 3.8) is 0 Å². The minimum atomic E-state index is -0.169. The van der Waals surface area contributed by atoms with Crippen molar-refractivity contribution >= 4 is 39.4 Å². The van der Waals surface area contributed by atoms with Crippen molar-refractivity contribution in [2.45, 2.75) is 26.4 Å². The van der Waals surface area contributed by atoms with Gasteiger partial charge < -0.3 is 9.80 Å². The minimum absolute atomic E-state index is 0.169. The first-order valence-electron chi connectivity index (χ1n) is 18.6. The third kappa shape index (κ3) is 6.95. The van der Waals surface area contributed by atoms with Crippen LogP contribution in [0.2, 0.25) is 0 Å². The van der Waals surface area contributed by atoms with Crippen LogP contribution < -0.4 is 14.9 Å². The van der Waals surface area contributed by atoms with E-state index in [1.54, 1.807) is 0 Å². The van der Waals surface area contributed by atoms with Gasteiger partial charge in [0.2, 0.25) is 0 Å². The highest BCUT2D eigenvalue weighted by Crippen LogP contribution is 2.35. The minimum Gasteiger partial charge on any atom is -0.369 e. The Bertz CT molecular complexity index is 2560. The monoisotopic (exact) mass is 726 g/mol. The Morgan fingerprint density at radius 1 is 0.691 bits per heavy atom. The molecule has 2 N–H and O–H groups in total. The summed E-state index contributed by atoms with van der Waals surface area (Å²) in [5, 5.41) is 18.7. The van der Waals surface area contributed by atoms with E-state index in [2.05, 4.69) is 127 Å². The van der Waals surface area contributed by atoms with E-state index < -0.39 is 0 Å². The predicted octanol–water partition coefficient (Wildman–Crippen LogP) is 7.60. The fourth-order valence-corrected chi connectivity index (χ4v) is 7.38. The maximum Gasteiger partial charge on any atom is 0.167 e. The summed E-state index contributed by atoms with van der Waals surface area (Å²) in [6.07, 6.45) is 9.28. The molecule has 0 amide bonds. The van der Waals surface area contributed by atoms with E-state index in [4.69, 9.17) is 19.9 Å². The molecule has 1 unspecified atom stereocenters. The number of anilines is 3. The number of H-pyrrole nitrogens is 2. The highest BCUT2D eigenvalue weighted by Gasteiger charge is 2.28. The SMILES string of the molecule is Cc1[nH]ncc1-c1ccc2nc(N(Cc3ccccc3)N(c3cnc4cc(-c5cn[nH]c5)ccc4n3)C(C)c3cccc(N4CCN(C)CC4)c3)cnc2c1. The van der Waals surface area contributed by atoms with Gasteiger partial charge in [-0.2, -0.15) is 10.2 Å². The molecule has 1 atom stereocenters. The smallest absolute Gasteiger partial charge is 0.167 e. The van der Waals surface area contributed by atoms with Gasteiger partial charge in [0.1, 0.15) is 0 Å². The summed E-state index contributed by atoms with van der Waals surface area (Å²) in [6, 6.07) is 31.5. The molecule has 9 rings (SSSR count). The molecule has 1 fully saturated rings. The number of hydrazine groups is 1. The van der Waals surface area contributed by atoms with Gasteiger partial charge in [-0.3, -0.25) is 30.2 Å². The number of rotatable bonds is 10. The van der Waals surface area contributed by atoms with Crippen LogP contribution in [0.4, 0.5) is 17.3 Å². The number of aromatic nitrogens is 8. The van der Waals surface area contributed by atoms with Gasteiger partial charge in [-0.15, -0.1) is 0 Å². The number of benzene rings is 4. The summed E-state index contributed by atoms with van der Waals surface area (Å²) in [6.45, 7) is 8.82. The molecule has 5 heterocycles. The molecule has 55 heavy (non-hydrogen) atoms. The molecule has 12 heteroatoms. The first kappa shape index (κ1) is 34.1. The number of piperazine rings is 1. The molecule has 4 aromatic heterocycles. The lowest BCUT2D eigenvalue weighted by atomic mass is 10.1. The van der Waals surface area contributed by atoms with E-state index in [1.165, 1.54) is 5.69 Å². The van der Waals surface area contributed by atoms with Gasteiger partial charge in [-0.1, -0.05) is 54.6 Å². The Kier molecular flexibility index (Phi) is 9.08. The second-order valence-electron chi connectivity index (χ2n) is 14.2. The molecule has 0 saturated carbocycles. The number of nitrogens with zero attached hydrogens (tertiary/aromatic N) is 10. The quantitative estimate of drug-likeness (QED) is 0.136. The molecule has 274 valence electrons. The van der Waals surface area contributed by atoms with Crippen LogP contribution in [0.5, 0.6) is 0 Å². The molecule has 8 aromatic rings.